The van der Waals surface area contributed by atoms with Crippen LogP contribution in [0.3, 0.4) is 0 Å². The van der Waals surface area contributed by atoms with Gasteiger partial charge in [-0.1, -0.05) is 11.7 Å². The van der Waals surface area contributed by atoms with Crippen molar-refractivity contribution in [2.75, 3.05) is 30.8 Å². The number of aromatic nitrogens is 2. The molecule has 1 saturated heterocycles. The Kier molecular flexibility index (Phi) is 3.66. The third-order valence-corrected chi connectivity index (χ3v) is 6.11. The summed E-state index contributed by atoms with van der Waals surface area (Å²) < 4.78 is 2.43. The molecule has 0 amide bonds. The molecule has 1 N–H and O–H groups in total. The largest absolute Gasteiger partial charge is 0.368 e. The number of aromatic amines is 1. The van der Waals surface area contributed by atoms with Crippen molar-refractivity contribution in [3.8, 4) is 6.07 Å². The molecule has 2 aromatic rings. The molecule has 0 bridgehead atoms. The van der Waals surface area contributed by atoms with Gasteiger partial charge in [-0.25, -0.2) is 0 Å². The van der Waals surface area contributed by atoms with Crippen molar-refractivity contribution in [2.24, 2.45) is 0 Å². The molecule has 0 radical (unpaired) electrons. The summed E-state index contributed by atoms with van der Waals surface area (Å²) in [5.74, 6) is 8.56. The van der Waals surface area contributed by atoms with Crippen LogP contribution in [0.4, 0.5) is 5.69 Å². The normalized spacial score (nSPS) is 19.0. The van der Waals surface area contributed by atoms with Crippen LogP contribution in [0, 0.1) is 11.3 Å². The first kappa shape index (κ1) is 15.9. The average Bonchev–Trinajstić information content (AvgIpc) is 2.91. The van der Waals surface area contributed by atoms with Crippen molar-refractivity contribution in [1.82, 2.24) is 14.5 Å². The van der Waals surface area contributed by atoms with E-state index in [0.29, 0.717) is 5.56 Å². The maximum absolute atomic E-state index is 9.28. The van der Waals surface area contributed by atoms with Gasteiger partial charge >= 0.3 is 0 Å². The van der Waals surface area contributed by atoms with E-state index in [0.717, 1.165) is 36.2 Å². The van der Waals surface area contributed by atoms with Gasteiger partial charge in [0, 0.05) is 36.2 Å². The summed E-state index contributed by atoms with van der Waals surface area (Å²) in [6.45, 7) is 7.16. The number of hydrogen-bond acceptors (Lipinski definition) is 4. The van der Waals surface area contributed by atoms with Gasteiger partial charge in [-0.3, -0.25) is 9.40 Å². The summed E-state index contributed by atoms with van der Waals surface area (Å²) in [4.78, 5) is 2.35. The number of nitriles is 1. The van der Waals surface area contributed by atoms with Gasteiger partial charge < -0.3 is 4.90 Å². The van der Waals surface area contributed by atoms with E-state index in [4.69, 9.17) is 0 Å². The van der Waals surface area contributed by atoms with E-state index in [9.17, 15) is 5.26 Å². The number of H-pyrrole nitrogens is 1. The molecule has 1 aromatic carbocycles. The molecule has 0 aliphatic carbocycles. The summed E-state index contributed by atoms with van der Waals surface area (Å²) in [6, 6.07) is 6.05. The van der Waals surface area contributed by atoms with Crippen LogP contribution in [0.25, 0.3) is 10.9 Å². The Morgan fingerprint density at radius 3 is 2.70 bits per heavy atom. The Morgan fingerprint density at radius 1 is 1.35 bits per heavy atom. The molecule has 0 unspecified atom stereocenters. The minimum absolute atomic E-state index is 0.0233. The van der Waals surface area contributed by atoms with Crippen LogP contribution >= 0.6 is 9.39 Å². The summed E-state index contributed by atoms with van der Waals surface area (Å²) >= 11 is 0. The molecule has 2 heterocycles. The molecule has 5 nitrogen and oxygen atoms in total. The minimum atomic E-state index is -1.25. The molecule has 23 heavy (non-hydrogen) atoms. The van der Waals surface area contributed by atoms with Gasteiger partial charge in [-0.2, -0.15) is 19.8 Å². The lowest BCUT2D eigenvalue weighted by Crippen LogP contribution is -2.57. The van der Waals surface area contributed by atoms with Crippen LogP contribution in [-0.2, 0) is 0 Å². The zero-order valence-corrected chi connectivity index (χ0v) is 14.8. The quantitative estimate of drug-likeness (QED) is 0.860. The highest BCUT2D eigenvalue weighted by Crippen LogP contribution is 2.37. The van der Waals surface area contributed by atoms with Crippen molar-refractivity contribution in [3.63, 3.8) is 0 Å². The summed E-state index contributed by atoms with van der Waals surface area (Å²) in [5.41, 5.74) is 2.61. The Balaban J connectivity index is 2.02. The van der Waals surface area contributed by atoms with Gasteiger partial charge in [0.25, 0.3) is 0 Å². The van der Waals surface area contributed by atoms with Crippen molar-refractivity contribution in [1.29, 1.82) is 5.26 Å². The predicted molar refractivity (Wildman–Crippen MR) is 102 cm³/mol. The Hall–Kier alpha value is -1.97. The van der Waals surface area contributed by atoms with E-state index in [-0.39, 0.29) is 5.54 Å². The molecule has 1 fully saturated rings. The van der Waals surface area contributed by atoms with Crippen LogP contribution in [0.2, 0.25) is 0 Å². The molecule has 1 aliphatic heterocycles. The zero-order valence-electron chi connectivity index (χ0n) is 14.0. The number of piperazine rings is 1. The lowest BCUT2D eigenvalue weighted by molar-refractivity contribution is 0.223. The highest BCUT2D eigenvalue weighted by molar-refractivity contribution is 8.25. The minimum Gasteiger partial charge on any atom is -0.368 e. The summed E-state index contributed by atoms with van der Waals surface area (Å²) in [7, 11) is -1.25. The van der Waals surface area contributed by atoms with Gasteiger partial charge in [-0.15, -0.1) is 0 Å². The average molecular weight is 329 g/mol. The Morgan fingerprint density at radius 2 is 2.09 bits per heavy atom. The molecule has 0 saturated carbocycles. The zero-order chi connectivity index (χ0) is 16.8. The van der Waals surface area contributed by atoms with Gasteiger partial charge in [0.1, 0.15) is 0 Å². The number of fused-ring (bicyclic) bond motifs is 1. The van der Waals surface area contributed by atoms with E-state index >= 15 is 0 Å². The fourth-order valence-electron chi connectivity index (χ4n) is 3.52. The first-order valence-corrected chi connectivity index (χ1v) is 9.90. The maximum atomic E-state index is 9.28. The number of hydrogen-bond donors (Lipinski definition) is 1. The van der Waals surface area contributed by atoms with Gasteiger partial charge in [0.05, 0.1) is 23.3 Å². The fraction of sp³-hybridized carbons (Fsp3) is 0.412. The van der Waals surface area contributed by atoms with Crippen LogP contribution in [0.1, 0.15) is 19.4 Å². The first-order valence-electron chi connectivity index (χ1n) is 7.57. The second-order valence-electron chi connectivity index (χ2n) is 7.00. The van der Waals surface area contributed by atoms with E-state index < -0.39 is 9.39 Å². The molecule has 1 aliphatic rings. The molecular formula is C17H23N5S. The molecule has 1 aromatic heterocycles. The second-order valence-corrected chi connectivity index (χ2v) is 9.88. The third-order valence-electron chi connectivity index (χ3n) is 4.36. The SMILES string of the molecule is C=S(=C)(C)N1CCN(c2cc(C#N)cc3[nH]ncc23)CC1(C)C. The number of benzene rings is 1. The van der Waals surface area contributed by atoms with Crippen LogP contribution < -0.4 is 4.90 Å². The highest BCUT2D eigenvalue weighted by Gasteiger charge is 2.35. The Bertz CT molecular complexity index is 885. The van der Waals surface area contributed by atoms with E-state index in [1.54, 1.807) is 0 Å². The number of nitrogens with zero attached hydrogens (tertiary/aromatic N) is 4. The van der Waals surface area contributed by atoms with Gasteiger partial charge in [0.15, 0.2) is 0 Å². The van der Waals surface area contributed by atoms with E-state index in [2.05, 4.69) is 57.3 Å². The van der Waals surface area contributed by atoms with Crippen molar-refractivity contribution in [3.05, 3.63) is 23.9 Å². The smallest absolute Gasteiger partial charge is 0.0993 e. The monoisotopic (exact) mass is 329 g/mol. The summed E-state index contributed by atoms with van der Waals surface area (Å²) in [6.07, 6.45) is 3.97. The van der Waals surface area contributed by atoms with Gasteiger partial charge in [-0.05, 0) is 32.2 Å². The number of nitrogens with one attached hydrogen (secondary N) is 1. The highest BCUT2D eigenvalue weighted by atomic mass is 32.2. The predicted octanol–water partition coefficient (Wildman–Crippen LogP) is 2.55. The molecular weight excluding hydrogens is 306 g/mol. The van der Waals surface area contributed by atoms with E-state index in [1.165, 1.54) is 0 Å². The summed E-state index contributed by atoms with van der Waals surface area (Å²) in [5, 5.41) is 17.5. The van der Waals surface area contributed by atoms with Crippen LogP contribution in [-0.4, -0.2) is 57.7 Å². The van der Waals surface area contributed by atoms with Crippen molar-refractivity contribution < 1.29 is 0 Å². The van der Waals surface area contributed by atoms with Crippen molar-refractivity contribution >= 4 is 37.7 Å². The number of rotatable bonds is 2. The van der Waals surface area contributed by atoms with Crippen LogP contribution in [0.15, 0.2) is 18.3 Å². The van der Waals surface area contributed by atoms with Crippen molar-refractivity contribution in [2.45, 2.75) is 19.4 Å². The maximum Gasteiger partial charge on any atom is 0.0993 e. The second kappa shape index (κ2) is 5.29. The molecule has 0 spiro atoms. The lowest BCUT2D eigenvalue weighted by Gasteiger charge is -2.50. The van der Waals surface area contributed by atoms with Crippen LogP contribution in [0.5, 0.6) is 0 Å². The third kappa shape index (κ3) is 2.82. The molecule has 122 valence electrons. The molecule has 6 heteroatoms. The number of anilines is 1. The Labute approximate surface area is 138 Å². The molecule has 3 rings (SSSR count). The lowest BCUT2D eigenvalue weighted by atomic mass is 10.0. The standard InChI is InChI=1S/C17H23N5S/c1-17(2)12-21(6-7-22(17)23(3,4)5)16-9-13(10-18)8-15-14(16)11-19-20-15/h8-9,11H,3-4,6-7,12H2,1-2,5H3,(H,19,20). The fourth-order valence-corrected chi connectivity index (χ4v) is 5.29. The first-order chi connectivity index (χ1) is 10.7. The topological polar surface area (TPSA) is 59.0 Å². The molecule has 0 atom stereocenters. The van der Waals surface area contributed by atoms with E-state index in [1.807, 2.05) is 18.3 Å². The van der Waals surface area contributed by atoms with Gasteiger partial charge in [0.2, 0.25) is 0 Å².